The average Bonchev–Trinajstić information content (AvgIpc) is 2.93. The van der Waals surface area contributed by atoms with Gasteiger partial charge in [-0.1, -0.05) is 24.3 Å². The standard InChI is InChI=1S/C17H22N4O2/c1-12-6-4-5-7-15(12)16-10-21(13(2)11-23-16)17(22)19-14-8-18-20(3)9-14/h4-9,13,16H,10-11H2,1-3H3,(H,19,22)/t13-,16-/m1/s1. The van der Waals surface area contributed by atoms with Crippen molar-refractivity contribution in [3.05, 3.63) is 47.8 Å². The number of anilines is 1. The number of nitrogens with one attached hydrogen (secondary N) is 1. The molecule has 0 unspecified atom stereocenters. The highest BCUT2D eigenvalue weighted by Crippen LogP contribution is 2.27. The first-order valence-corrected chi connectivity index (χ1v) is 7.78. The highest BCUT2D eigenvalue weighted by atomic mass is 16.5. The van der Waals surface area contributed by atoms with Gasteiger partial charge < -0.3 is 15.0 Å². The molecule has 1 aliphatic heterocycles. The number of carbonyl (C=O) groups is 1. The Morgan fingerprint density at radius 1 is 1.39 bits per heavy atom. The molecule has 0 bridgehead atoms. The second-order valence-corrected chi connectivity index (χ2v) is 6.01. The number of hydrogen-bond acceptors (Lipinski definition) is 3. The molecule has 1 fully saturated rings. The van der Waals surface area contributed by atoms with Gasteiger partial charge in [-0.2, -0.15) is 5.10 Å². The van der Waals surface area contributed by atoms with E-state index in [0.29, 0.717) is 18.8 Å². The molecule has 6 heteroatoms. The topological polar surface area (TPSA) is 59.4 Å². The van der Waals surface area contributed by atoms with E-state index in [-0.39, 0.29) is 18.2 Å². The van der Waals surface area contributed by atoms with Gasteiger partial charge in [0.1, 0.15) is 6.10 Å². The Labute approximate surface area is 136 Å². The number of aryl methyl sites for hydroxylation is 2. The minimum absolute atomic E-state index is 0.0342. The van der Waals surface area contributed by atoms with Crippen LogP contribution >= 0.6 is 0 Å². The third-order valence-electron chi connectivity index (χ3n) is 4.19. The number of rotatable bonds is 2. The molecule has 1 aromatic heterocycles. The van der Waals surface area contributed by atoms with Crippen LogP contribution in [-0.2, 0) is 11.8 Å². The number of ether oxygens (including phenoxy) is 1. The van der Waals surface area contributed by atoms with Crippen LogP contribution in [0.3, 0.4) is 0 Å². The highest BCUT2D eigenvalue weighted by Gasteiger charge is 2.31. The van der Waals surface area contributed by atoms with Crippen molar-refractivity contribution < 1.29 is 9.53 Å². The zero-order valence-corrected chi connectivity index (χ0v) is 13.7. The SMILES string of the molecule is Cc1ccccc1[C@H]1CN(C(=O)Nc2cnn(C)c2)[C@H](C)CO1. The van der Waals surface area contributed by atoms with Gasteiger partial charge in [-0.3, -0.25) is 4.68 Å². The summed E-state index contributed by atoms with van der Waals surface area (Å²) in [6.07, 6.45) is 3.33. The van der Waals surface area contributed by atoms with E-state index >= 15 is 0 Å². The fourth-order valence-corrected chi connectivity index (χ4v) is 2.86. The van der Waals surface area contributed by atoms with Crippen LogP contribution in [0.25, 0.3) is 0 Å². The van der Waals surface area contributed by atoms with E-state index in [1.165, 1.54) is 5.56 Å². The summed E-state index contributed by atoms with van der Waals surface area (Å²) >= 11 is 0. The minimum Gasteiger partial charge on any atom is -0.370 e. The molecule has 2 amide bonds. The molecular formula is C17H22N4O2. The first-order valence-electron chi connectivity index (χ1n) is 7.78. The summed E-state index contributed by atoms with van der Waals surface area (Å²) in [5.74, 6) is 0. The predicted octanol–water partition coefficient (Wildman–Crippen LogP) is 2.72. The minimum atomic E-state index is -0.118. The van der Waals surface area contributed by atoms with Gasteiger partial charge in [-0.25, -0.2) is 4.79 Å². The Bertz CT molecular complexity index is 697. The summed E-state index contributed by atoms with van der Waals surface area (Å²) in [7, 11) is 1.82. The Morgan fingerprint density at radius 3 is 2.87 bits per heavy atom. The van der Waals surface area contributed by atoms with Crippen LogP contribution in [0.1, 0.15) is 24.2 Å². The van der Waals surface area contributed by atoms with Crippen LogP contribution in [0, 0.1) is 6.92 Å². The van der Waals surface area contributed by atoms with Gasteiger partial charge in [0.05, 0.1) is 31.1 Å². The van der Waals surface area contributed by atoms with Crippen molar-refractivity contribution in [3.63, 3.8) is 0 Å². The zero-order chi connectivity index (χ0) is 16.4. The van der Waals surface area contributed by atoms with Crippen LogP contribution in [-0.4, -0.2) is 39.9 Å². The summed E-state index contributed by atoms with van der Waals surface area (Å²) in [6.45, 7) is 5.13. The smallest absolute Gasteiger partial charge is 0.322 e. The molecular weight excluding hydrogens is 292 g/mol. The maximum atomic E-state index is 12.6. The number of aromatic nitrogens is 2. The summed E-state index contributed by atoms with van der Waals surface area (Å²) in [6, 6.07) is 8.06. The molecule has 2 heterocycles. The Balaban J connectivity index is 1.73. The molecule has 0 radical (unpaired) electrons. The van der Waals surface area contributed by atoms with E-state index in [1.54, 1.807) is 17.1 Å². The first-order chi connectivity index (χ1) is 11.0. The second-order valence-electron chi connectivity index (χ2n) is 6.01. The van der Waals surface area contributed by atoms with Gasteiger partial charge >= 0.3 is 6.03 Å². The normalized spacial score (nSPS) is 21.3. The number of nitrogens with zero attached hydrogens (tertiary/aromatic N) is 3. The summed E-state index contributed by atoms with van der Waals surface area (Å²) in [5, 5.41) is 6.96. The van der Waals surface area contributed by atoms with Crippen molar-refractivity contribution in [2.24, 2.45) is 7.05 Å². The lowest BCUT2D eigenvalue weighted by atomic mass is 10.0. The van der Waals surface area contributed by atoms with E-state index in [9.17, 15) is 4.79 Å². The van der Waals surface area contributed by atoms with Gasteiger partial charge in [0.25, 0.3) is 0 Å². The largest absolute Gasteiger partial charge is 0.370 e. The lowest BCUT2D eigenvalue weighted by Crippen LogP contribution is -2.50. The quantitative estimate of drug-likeness (QED) is 0.927. The second kappa shape index (κ2) is 6.42. The van der Waals surface area contributed by atoms with Gasteiger partial charge in [-0.05, 0) is 25.0 Å². The van der Waals surface area contributed by atoms with Crippen molar-refractivity contribution in [1.82, 2.24) is 14.7 Å². The summed E-state index contributed by atoms with van der Waals surface area (Å²) in [4.78, 5) is 14.4. The van der Waals surface area contributed by atoms with Crippen molar-refractivity contribution in [1.29, 1.82) is 0 Å². The maximum absolute atomic E-state index is 12.6. The third-order valence-corrected chi connectivity index (χ3v) is 4.19. The molecule has 1 N–H and O–H groups in total. The molecule has 6 nitrogen and oxygen atoms in total. The molecule has 122 valence electrons. The zero-order valence-electron chi connectivity index (χ0n) is 13.7. The molecule has 0 spiro atoms. The molecule has 3 rings (SSSR count). The lowest BCUT2D eigenvalue weighted by Gasteiger charge is -2.38. The Hall–Kier alpha value is -2.34. The van der Waals surface area contributed by atoms with Gasteiger partial charge in [0.15, 0.2) is 0 Å². The van der Waals surface area contributed by atoms with Crippen LogP contribution in [0.15, 0.2) is 36.7 Å². The summed E-state index contributed by atoms with van der Waals surface area (Å²) < 4.78 is 7.61. The number of amides is 2. The van der Waals surface area contributed by atoms with Crippen molar-refractivity contribution in [2.75, 3.05) is 18.5 Å². The molecule has 2 atom stereocenters. The van der Waals surface area contributed by atoms with Crippen LogP contribution < -0.4 is 5.32 Å². The lowest BCUT2D eigenvalue weighted by molar-refractivity contribution is -0.0410. The van der Waals surface area contributed by atoms with Crippen molar-refractivity contribution in [2.45, 2.75) is 26.0 Å². The molecule has 2 aromatic rings. The first kappa shape index (κ1) is 15.6. The monoisotopic (exact) mass is 314 g/mol. The number of hydrogen-bond donors (Lipinski definition) is 1. The number of carbonyl (C=O) groups excluding carboxylic acids is 1. The maximum Gasteiger partial charge on any atom is 0.322 e. The predicted molar refractivity (Wildman–Crippen MR) is 88.3 cm³/mol. The number of benzene rings is 1. The van der Waals surface area contributed by atoms with E-state index in [4.69, 9.17) is 4.74 Å². The molecule has 23 heavy (non-hydrogen) atoms. The fourth-order valence-electron chi connectivity index (χ4n) is 2.86. The van der Waals surface area contributed by atoms with E-state index in [2.05, 4.69) is 29.5 Å². The van der Waals surface area contributed by atoms with Crippen LogP contribution in [0.4, 0.5) is 10.5 Å². The van der Waals surface area contributed by atoms with E-state index < -0.39 is 0 Å². The number of urea groups is 1. The van der Waals surface area contributed by atoms with Crippen molar-refractivity contribution >= 4 is 11.7 Å². The van der Waals surface area contributed by atoms with Gasteiger partial charge in [0, 0.05) is 13.2 Å². The number of morpholine rings is 1. The summed E-state index contributed by atoms with van der Waals surface area (Å²) in [5.41, 5.74) is 3.02. The van der Waals surface area contributed by atoms with Crippen LogP contribution in [0.5, 0.6) is 0 Å². The Kier molecular flexibility index (Phi) is 4.34. The highest BCUT2D eigenvalue weighted by molar-refractivity contribution is 5.89. The van der Waals surface area contributed by atoms with Crippen molar-refractivity contribution in [3.8, 4) is 0 Å². The van der Waals surface area contributed by atoms with Crippen LogP contribution in [0.2, 0.25) is 0 Å². The molecule has 0 saturated carbocycles. The van der Waals surface area contributed by atoms with E-state index in [1.807, 2.05) is 31.0 Å². The Morgan fingerprint density at radius 2 is 2.17 bits per heavy atom. The molecule has 1 aromatic carbocycles. The van der Waals surface area contributed by atoms with Gasteiger partial charge in [0.2, 0.25) is 0 Å². The fraction of sp³-hybridized carbons (Fsp3) is 0.412. The van der Waals surface area contributed by atoms with Gasteiger partial charge in [-0.15, -0.1) is 0 Å². The molecule has 1 saturated heterocycles. The average molecular weight is 314 g/mol. The molecule has 1 aliphatic rings. The molecule has 0 aliphatic carbocycles. The third kappa shape index (κ3) is 3.37. The van der Waals surface area contributed by atoms with E-state index in [0.717, 1.165) is 5.56 Å².